The Kier molecular flexibility index (Phi) is 9.12. The monoisotopic (exact) mass is 620 g/mol. The van der Waals surface area contributed by atoms with Crippen LogP contribution >= 0.6 is 0 Å². The van der Waals surface area contributed by atoms with Gasteiger partial charge in [0.2, 0.25) is 17.7 Å². The quantitative estimate of drug-likeness (QED) is 0.296. The second-order valence-corrected chi connectivity index (χ2v) is 12.0. The maximum absolute atomic E-state index is 14.4. The highest BCUT2D eigenvalue weighted by Crippen LogP contribution is 2.32. The first-order valence-electron chi connectivity index (χ1n) is 15.5. The van der Waals surface area contributed by atoms with Crippen molar-refractivity contribution in [3.8, 4) is 5.75 Å². The molecule has 236 valence electrons. The summed E-state index contributed by atoms with van der Waals surface area (Å²) < 4.78 is 13.5. The fraction of sp³-hybridized carbons (Fsp3) is 0.270. The van der Waals surface area contributed by atoms with E-state index in [-0.39, 0.29) is 61.1 Å². The van der Waals surface area contributed by atoms with Gasteiger partial charge in [-0.05, 0) is 52.9 Å². The van der Waals surface area contributed by atoms with E-state index in [0.717, 1.165) is 22.3 Å². The second-order valence-electron chi connectivity index (χ2n) is 12.0. The van der Waals surface area contributed by atoms with Crippen LogP contribution in [0, 0.1) is 5.82 Å². The molecule has 3 amide bonds. The number of likely N-dealkylation sites (N-methyl/N-ethyl adjacent to an activating group) is 1. The number of rotatable bonds is 9. The molecule has 6 rings (SSSR count). The highest BCUT2D eigenvalue weighted by Gasteiger charge is 2.50. The van der Waals surface area contributed by atoms with Crippen LogP contribution in [0.5, 0.6) is 5.75 Å². The maximum Gasteiger partial charge on any atom is 0.245 e. The van der Waals surface area contributed by atoms with Gasteiger partial charge in [0.25, 0.3) is 0 Å². The lowest BCUT2D eigenvalue weighted by molar-refractivity contribution is -0.202. The molecule has 0 saturated carbocycles. The van der Waals surface area contributed by atoms with Crippen molar-refractivity contribution in [1.82, 2.24) is 19.8 Å². The Labute approximate surface area is 268 Å². The van der Waals surface area contributed by atoms with E-state index < -0.39 is 12.2 Å². The number of benzene rings is 4. The molecule has 0 spiro atoms. The molecule has 2 saturated heterocycles. The van der Waals surface area contributed by atoms with Crippen molar-refractivity contribution in [1.29, 1.82) is 0 Å². The van der Waals surface area contributed by atoms with Gasteiger partial charge in [0.05, 0.1) is 13.1 Å². The topological polar surface area (TPSA) is 84.4 Å². The SMILES string of the molecule is CN1CC(=O)N2[C@@H](Cc3ccc(O)cc3)C(=O)N(CC(c3ccccc3)c3ccccc3)C[C@@H]2N1C(=O)CCc1ccc(F)cc1. The predicted octanol–water partition coefficient (Wildman–Crippen LogP) is 4.59. The summed E-state index contributed by atoms with van der Waals surface area (Å²) in [5.41, 5.74) is 3.74. The van der Waals surface area contributed by atoms with Gasteiger partial charge in [0.15, 0.2) is 0 Å². The molecule has 9 heteroatoms. The van der Waals surface area contributed by atoms with E-state index in [2.05, 4.69) is 24.3 Å². The largest absolute Gasteiger partial charge is 0.508 e. The van der Waals surface area contributed by atoms with E-state index in [1.54, 1.807) is 63.3 Å². The van der Waals surface area contributed by atoms with Gasteiger partial charge in [0.1, 0.15) is 23.8 Å². The molecule has 1 N–H and O–H groups in total. The highest BCUT2D eigenvalue weighted by molar-refractivity contribution is 5.92. The molecule has 4 aromatic rings. The average Bonchev–Trinajstić information content (AvgIpc) is 3.06. The van der Waals surface area contributed by atoms with Gasteiger partial charge in [-0.25, -0.2) is 9.40 Å². The van der Waals surface area contributed by atoms with Crippen LogP contribution in [0.4, 0.5) is 4.39 Å². The lowest BCUT2D eigenvalue weighted by Gasteiger charge is -2.55. The highest BCUT2D eigenvalue weighted by atomic mass is 19.1. The van der Waals surface area contributed by atoms with Crippen LogP contribution in [-0.2, 0) is 27.2 Å². The number of carbonyl (C=O) groups is 3. The Balaban J connectivity index is 1.34. The Bertz CT molecular complexity index is 1630. The van der Waals surface area contributed by atoms with Crippen molar-refractivity contribution in [2.45, 2.75) is 37.4 Å². The molecule has 0 radical (unpaired) electrons. The van der Waals surface area contributed by atoms with E-state index in [1.165, 1.54) is 12.1 Å². The van der Waals surface area contributed by atoms with Gasteiger partial charge in [-0.15, -0.1) is 0 Å². The summed E-state index contributed by atoms with van der Waals surface area (Å²) in [5, 5.41) is 13.1. The number of hydrazine groups is 1. The lowest BCUT2D eigenvalue weighted by Crippen LogP contribution is -2.75. The van der Waals surface area contributed by atoms with Crippen LogP contribution in [0.3, 0.4) is 0 Å². The smallest absolute Gasteiger partial charge is 0.245 e. The number of aromatic hydroxyl groups is 1. The summed E-state index contributed by atoms with van der Waals surface area (Å²) in [6, 6.07) is 31.9. The second kappa shape index (κ2) is 13.5. The van der Waals surface area contributed by atoms with Gasteiger partial charge < -0.3 is 14.9 Å². The molecular formula is C37H37FN4O4. The van der Waals surface area contributed by atoms with Crippen LogP contribution in [0.25, 0.3) is 0 Å². The van der Waals surface area contributed by atoms with Crippen molar-refractivity contribution in [2.24, 2.45) is 0 Å². The van der Waals surface area contributed by atoms with E-state index in [1.807, 2.05) is 36.4 Å². The first kappa shape index (κ1) is 31.0. The number of aryl methyl sites for hydroxylation is 1. The van der Waals surface area contributed by atoms with Crippen LogP contribution in [-0.4, -0.2) is 81.5 Å². The Morgan fingerprint density at radius 1 is 0.848 bits per heavy atom. The van der Waals surface area contributed by atoms with Gasteiger partial charge in [-0.2, -0.15) is 0 Å². The van der Waals surface area contributed by atoms with Gasteiger partial charge >= 0.3 is 0 Å². The summed E-state index contributed by atoms with van der Waals surface area (Å²) in [4.78, 5) is 45.4. The number of carbonyl (C=O) groups excluding carboxylic acids is 3. The standard InChI is InChI=1S/C37H37FN4O4/c1-39-25-36(45)41-33(22-27-14-19-31(43)20-15-27)37(46)40(23-32(28-8-4-2-5-9-28)29-10-6-3-7-11-29)24-34(41)42(39)35(44)21-16-26-12-17-30(38)18-13-26/h2-15,17-20,32-34,43H,16,21-25H2,1H3/t33-,34-/m0/s1. The molecule has 2 heterocycles. The van der Waals surface area contributed by atoms with E-state index in [4.69, 9.17) is 0 Å². The van der Waals surface area contributed by atoms with E-state index >= 15 is 0 Å². The number of phenolic OH excluding ortho intramolecular Hbond substituents is 1. The number of piperazine rings is 1. The molecule has 0 unspecified atom stereocenters. The normalized spacial score (nSPS) is 18.6. The third-order valence-electron chi connectivity index (χ3n) is 8.91. The van der Waals surface area contributed by atoms with Crippen LogP contribution in [0.15, 0.2) is 109 Å². The molecule has 2 aliphatic heterocycles. The molecule has 46 heavy (non-hydrogen) atoms. The maximum atomic E-state index is 14.4. The molecule has 0 aliphatic carbocycles. The summed E-state index contributed by atoms with van der Waals surface area (Å²) in [6.45, 7) is 0.465. The Morgan fingerprint density at radius 2 is 1.43 bits per heavy atom. The van der Waals surface area contributed by atoms with Crippen molar-refractivity contribution < 1.29 is 23.9 Å². The molecule has 0 bridgehead atoms. The lowest BCUT2D eigenvalue weighted by atomic mass is 9.89. The zero-order valence-corrected chi connectivity index (χ0v) is 25.7. The zero-order valence-electron chi connectivity index (χ0n) is 25.7. The summed E-state index contributed by atoms with van der Waals surface area (Å²) in [6.07, 6.45) is 0.0924. The molecule has 2 fully saturated rings. The van der Waals surface area contributed by atoms with Crippen LogP contribution in [0.1, 0.15) is 34.6 Å². The summed E-state index contributed by atoms with van der Waals surface area (Å²) in [5.74, 6) is -0.954. The molecule has 4 aromatic carbocycles. The number of halogens is 1. The Morgan fingerprint density at radius 3 is 2.04 bits per heavy atom. The van der Waals surface area contributed by atoms with Crippen molar-refractivity contribution in [3.05, 3.63) is 137 Å². The molecule has 8 nitrogen and oxygen atoms in total. The number of hydrogen-bond donors (Lipinski definition) is 1. The number of amides is 3. The molecular weight excluding hydrogens is 583 g/mol. The minimum atomic E-state index is -0.843. The molecule has 2 aliphatic rings. The fourth-order valence-electron chi connectivity index (χ4n) is 6.60. The third-order valence-corrected chi connectivity index (χ3v) is 8.91. The fourth-order valence-corrected chi connectivity index (χ4v) is 6.60. The van der Waals surface area contributed by atoms with Crippen LogP contribution in [0.2, 0.25) is 0 Å². The third kappa shape index (κ3) is 6.65. The van der Waals surface area contributed by atoms with Gasteiger partial charge in [0, 0.05) is 32.4 Å². The van der Waals surface area contributed by atoms with Crippen molar-refractivity contribution >= 4 is 17.7 Å². The molecule has 0 aromatic heterocycles. The number of hydrogen-bond acceptors (Lipinski definition) is 5. The first-order valence-corrected chi connectivity index (χ1v) is 15.5. The number of phenols is 1. The number of nitrogens with zero attached hydrogens (tertiary/aromatic N) is 4. The van der Waals surface area contributed by atoms with Crippen molar-refractivity contribution in [2.75, 3.05) is 26.7 Å². The molecule has 2 atom stereocenters. The predicted molar refractivity (Wildman–Crippen MR) is 172 cm³/mol. The average molecular weight is 621 g/mol. The zero-order chi connectivity index (χ0) is 32.2. The van der Waals surface area contributed by atoms with Gasteiger partial charge in [-0.1, -0.05) is 84.9 Å². The minimum absolute atomic E-state index is 0.0468. The minimum Gasteiger partial charge on any atom is -0.508 e. The number of fused-ring (bicyclic) bond motifs is 1. The Hall–Kier alpha value is -5.02. The van der Waals surface area contributed by atoms with E-state index in [9.17, 15) is 23.9 Å². The van der Waals surface area contributed by atoms with E-state index in [0.29, 0.717) is 13.0 Å². The first-order chi connectivity index (χ1) is 22.3. The summed E-state index contributed by atoms with van der Waals surface area (Å²) >= 11 is 0. The van der Waals surface area contributed by atoms with Gasteiger partial charge in [-0.3, -0.25) is 19.4 Å². The summed E-state index contributed by atoms with van der Waals surface area (Å²) in [7, 11) is 1.72. The van der Waals surface area contributed by atoms with Crippen molar-refractivity contribution in [3.63, 3.8) is 0 Å². The van der Waals surface area contributed by atoms with Crippen LogP contribution < -0.4 is 0 Å².